The number of benzene rings is 1. The van der Waals surface area contributed by atoms with Crippen LogP contribution in [0.4, 0.5) is 5.69 Å². The molecule has 1 aromatic carbocycles. The van der Waals surface area contributed by atoms with Crippen molar-refractivity contribution in [3.63, 3.8) is 0 Å². The van der Waals surface area contributed by atoms with Gasteiger partial charge < -0.3 is 15.8 Å². The molecule has 0 aliphatic carbocycles. The zero-order valence-corrected chi connectivity index (χ0v) is 10.9. The number of hydrogen-bond donors (Lipinski definition) is 2. The van der Waals surface area contributed by atoms with E-state index >= 15 is 0 Å². The molecule has 0 saturated carbocycles. The van der Waals surface area contributed by atoms with Crippen LogP contribution < -0.4 is 11.1 Å². The van der Waals surface area contributed by atoms with Gasteiger partial charge in [0.05, 0.1) is 6.10 Å². The van der Waals surface area contributed by atoms with Crippen molar-refractivity contribution < 1.29 is 4.74 Å². The molecule has 1 aliphatic heterocycles. The van der Waals surface area contributed by atoms with Crippen molar-refractivity contribution in [2.45, 2.75) is 45.4 Å². The molecule has 94 valence electrons. The largest absolute Gasteiger partial charge is 0.399 e. The van der Waals surface area contributed by atoms with Crippen molar-refractivity contribution in [2.24, 2.45) is 0 Å². The molecule has 17 heavy (non-hydrogen) atoms. The maximum atomic E-state index is 5.91. The predicted octanol–water partition coefficient (Wildman–Crippen LogP) is 2.23. The van der Waals surface area contributed by atoms with E-state index in [-0.39, 0.29) is 11.6 Å². The van der Waals surface area contributed by atoms with Gasteiger partial charge in [0.15, 0.2) is 0 Å². The van der Waals surface area contributed by atoms with E-state index in [4.69, 9.17) is 10.5 Å². The Morgan fingerprint density at radius 3 is 2.94 bits per heavy atom. The molecule has 2 unspecified atom stereocenters. The highest BCUT2D eigenvalue weighted by atomic mass is 16.5. The fraction of sp³-hybridized carbons (Fsp3) is 0.571. The Morgan fingerprint density at radius 1 is 1.53 bits per heavy atom. The molecule has 1 aromatic rings. The first kappa shape index (κ1) is 12.4. The molecule has 0 aromatic heterocycles. The van der Waals surface area contributed by atoms with Gasteiger partial charge in [0.25, 0.3) is 0 Å². The SMILES string of the molecule is Cc1c(N)cccc1CNC1(C)CCOC1C. The van der Waals surface area contributed by atoms with E-state index < -0.39 is 0 Å². The van der Waals surface area contributed by atoms with E-state index in [9.17, 15) is 0 Å². The highest BCUT2D eigenvalue weighted by molar-refractivity contribution is 5.49. The summed E-state index contributed by atoms with van der Waals surface area (Å²) in [5.41, 5.74) is 9.30. The van der Waals surface area contributed by atoms with E-state index in [0.717, 1.165) is 25.3 Å². The summed E-state index contributed by atoms with van der Waals surface area (Å²) in [7, 11) is 0. The monoisotopic (exact) mass is 234 g/mol. The van der Waals surface area contributed by atoms with Crippen LogP contribution in [0.25, 0.3) is 0 Å². The zero-order chi connectivity index (χ0) is 12.5. The Balaban J connectivity index is 2.05. The van der Waals surface area contributed by atoms with Crippen molar-refractivity contribution in [1.29, 1.82) is 0 Å². The minimum Gasteiger partial charge on any atom is -0.399 e. The van der Waals surface area contributed by atoms with E-state index in [2.05, 4.69) is 32.2 Å². The number of hydrogen-bond acceptors (Lipinski definition) is 3. The van der Waals surface area contributed by atoms with Crippen LogP contribution in [0.2, 0.25) is 0 Å². The molecule has 1 saturated heterocycles. The zero-order valence-electron chi connectivity index (χ0n) is 10.9. The van der Waals surface area contributed by atoms with Crippen LogP contribution in [-0.2, 0) is 11.3 Å². The van der Waals surface area contributed by atoms with Crippen molar-refractivity contribution in [1.82, 2.24) is 5.32 Å². The quantitative estimate of drug-likeness (QED) is 0.788. The second-order valence-corrected chi connectivity index (χ2v) is 5.17. The van der Waals surface area contributed by atoms with E-state index in [0.29, 0.717) is 0 Å². The number of nitrogen functional groups attached to an aromatic ring is 1. The van der Waals surface area contributed by atoms with Crippen molar-refractivity contribution in [3.8, 4) is 0 Å². The van der Waals surface area contributed by atoms with Gasteiger partial charge in [-0.3, -0.25) is 0 Å². The summed E-state index contributed by atoms with van der Waals surface area (Å²) < 4.78 is 5.62. The van der Waals surface area contributed by atoms with Gasteiger partial charge in [0.2, 0.25) is 0 Å². The molecular weight excluding hydrogens is 212 g/mol. The first-order chi connectivity index (χ1) is 8.03. The van der Waals surface area contributed by atoms with Gasteiger partial charge in [0.1, 0.15) is 0 Å². The van der Waals surface area contributed by atoms with E-state index in [1.807, 2.05) is 12.1 Å². The average molecular weight is 234 g/mol. The molecule has 1 aliphatic rings. The Morgan fingerprint density at radius 2 is 2.29 bits per heavy atom. The normalized spacial score (nSPS) is 28.5. The maximum Gasteiger partial charge on any atom is 0.0726 e. The molecule has 0 radical (unpaired) electrons. The van der Waals surface area contributed by atoms with Gasteiger partial charge in [-0.05, 0) is 44.4 Å². The van der Waals surface area contributed by atoms with Gasteiger partial charge in [0, 0.05) is 24.4 Å². The summed E-state index contributed by atoms with van der Waals surface area (Å²) in [6, 6.07) is 6.08. The Hall–Kier alpha value is -1.06. The second kappa shape index (κ2) is 4.67. The molecule has 1 heterocycles. The lowest BCUT2D eigenvalue weighted by Gasteiger charge is -2.29. The Kier molecular flexibility index (Phi) is 3.40. The fourth-order valence-electron chi connectivity index (χ4n) is 2.26. The average Bonchev–Trinajstić information content (AvgIpc) is 2.62. The number of nitrogens with one attached hydrogen (secondary N) is 1. The Bertz CT molecular complexity index is 405. The van der Waals surface area contributed by atoms with E-state index in [1.54, 1.807) is 0 Å². The first-order valence-corrected chi connectivity index (χ1v) is 6.23. The molecule has 1 fully saturated rings. The van der Waals surface area contributed by atoms with Crippen LogP contribution in [-0.4, -0.2) is 18.2 Å². The summed E-state index contributed by atoms with van der Waals surface area (Å²) in [6.45, 7) is 8.13. The smallest absolute Gasteiger partial charge is 0.0726 e. The molecule has 3 nitrogen and oxygen atoms in total. The summed E-state index contributed by atoms with van der Waals surface area (Å²) in [5, 5.41) is 3.61. The third kappa shape index (κ3) is 2.45. The lowest BCUT2D eigenvalue weighted by atomic mass is 9.94. The fourth-order valence-corrected chi connectivity index (χ4v) is 2.26. The standard InChI is InChI=1S/C14H22N2O/c1-10-12(5-4-6-13(10)15)9-16-14(3)7-8-17-11(14)2/h4-6,11,16H,7-9,15H2,1-3H3. The van der Waals surface area contributed by atoms with Gasteiger partial charge >= 0.3 is 0 Å². The van der Waals surface area contributed by atoms with Crippen molar-refractivity contribution >= 4 is 5.69 Å². The number of rotatable bonds is 3. The topological polar surface area (TPSA) is 47.3 Å². The lowest BCUT2D eigenvalue weighted by molar-refractivity contribution is 0.0881. The highest BCUT2D eigenvalue weighted by Gasteiger charge is 2.36. The first-order valence-electron chi connectivity index (χ1n) is 6.23. The molecule has 0 amide bonds. The van der Waals surface area contributed by atoms with Crippen molar-refractivity contribution in [3.05, 3.63) is 29.3 Å². The molecule has 3 N–H and O–H groups in total. The third-order valence-corrected chi connectivity index (χ3v) is 4.06. The maximum absolute atomic E-state index is 5.91. The van der Waals surface area contributed by atoms with Crippen LogP contribution in [0.5, 0.6) is 0 Å². The number of nitrogens with two attached hydrogens (primary N) is 1. The molecule has 2 atom stereocenters. The highest BCUT2D eigenvalue weighted by Crippen LogP contribution is 2.26. The lowest BCUT2D eigenvalue weighted by Crippen LogP contribution is -2.47. The number of anilines is 1. The Labute approximate surface area is 103 Å². The van der Waals surface area contributed by atoms with Gasteiger partial charge in [-0.15, -0.1) is 0 Å². The van der Waals surface area contributed by atoms with E-state index in [1.165, 1.54) is 11.1 Å². The predicted molar refractivity (Wildman–Crippen MR) is 70.9 cm³/mol. The molecule has 0 spiro atoms. The molecule has 2 rings (SSSR count). The molecule has 3 heteroatoms. The summed E-state index contributed by atoms with van der Waals surface area (Å²) in [6.07, 6.45) is 1.33. The summed E-state index contributed by atoms with van der Waals surface area (Å²) in [5.74, 6) is 0. The second-order valence-electron chi connectivity index (χ2n) is 5.17. The van der Waals surface area contributed by atoms with Crippen LogP contribution >= 0.6 is 0 Å². The molecular formula is C14H22N2O. The summed E-state index contributed by atoms with van der Waals surface area (Å²) in [4.78, 5) is 0. The van der Waals surface area contributed by atoms with Crippen LogP contribution in [0, 0.1) is 6.92 Å². The minimum absolute atomic E-state index is 0.0804. The van der Waals surface area contributed by atoms with Gasteiger partial charge in [-0.2, -0.15) is 0 Å². The minimum atomic E-state index is 0.0804. The van der Waals surface area contributed by atoms with Crippen LogP contribution in [0.15, 0.2) is 18.2 Å². The van der Waals surface area contributed by atoms with Gasteiger partial charge in [-0.1, -0.05) is 12.1 Å². The van der Waals surface area contributed by atoms with Gasteiger partial charge in [-0.25, -0.2) is 0 Å². The number of ether oxygens (including phenoxy) is 1. The van der Waals surface area contributed by atoms with Crippen LogP contribution in [0.3, 0.4) is 0 Å². The third-order valence-electron chi connectivity index (χ3n) is 4.06. The van der Waals surface area contributed by atoms with Crippen LogP contribution in [0.1, 0.15) is 31.4 Å². The summed E-state index contributed by atoms with van der Waals surface area (Å²) >= 11 is 0. The molecule has 0 bridgehead atoms. The van der Waals surface area contributed by atoms with Crippen molar-refractivity contribution in [2.75, 3.05) is 12.3 Å².